The lowest BCUT2D eigenvalue weighted by molar-refractivity contribution is -0.407. The van der Waals surface area contributed by atoms with E-state index in [1.54, 1.807) is 18.3 Å². The van der Waals surface area contributed by atoms with Crippen LogP contribution in [0.2, 0.25) is 0 Å². The molecule has 174 valence electrons. The summed E-state index contributed by atoms with van der Waals surface area (Å²) < 4.78 is 31.6. The number of hydrogen-bond donors (Lipinski definition) is 1. The smallest absolute Gasteiger partial charge is 0.419 e. The van der Waals surface area contributed by atoms with Crippen LogP contribution in [0.3, 0.4) is 0 Å². The van der Waals surface area contributed by atoms with E-state index in [2.05, 4.69) is 21.8 Å². The maximum Gasteiger partial charge on any atom is 0.528 e. The van der Waals surface area contributed by atoms with Gasteiger partial charge in [0.1, 0.15) is 4.90 Å². The van der Waals surface area contributed by atoms with E-state index < -0.39 is 16.1 Å². The Morgan fingerprint density at radius 1 is 1.16 bits per heavy atom. The number of amides is 1. The van der Waals surface area contributed by atoms with Crippen LogP contribution in [0, 0.1) is 6.92 Å². The number of nitrogens with zero attached hydrogens (tertiary/aromatic N) is 3. The van der Waals surface area contributed by atoms with E-state index in [0.717, 1.165) is 50.3 Å². The number of quaternary nitrogens is 1. The minimum atomic E-state index is -3.98. The van der Waals surface area contributed by atoms with Gasteiger partial charge in [0, 0.05) is 44.5 Å². The third-order valence-electron chi connectivity index (χ3n) is 5.54. The number of aryl methyl sites for hydroxylation is 1. The van der Waals surface area contributed by atoms with Gasteiger partial charge in [-0.1, -0.05) is 31.0 Å². The highest BCUT2D eigenvalue weighted by Crippen LogP contribution is 2.26. The van der Waals surface area contributed by atoms with E-state index in [4.69, 9.17) is 4.74 Å². The number of piperazine rings is 1. The van der Waals surface area contributed by atoms with Crippen LogP contribution in [0.1, 0.15) is 30.9 Å². The Morgan fingerprint density at radius 2 is 1.91 bits per heavy atom. The zero-order valence-electron chi connectivity index (χ0n) is 19.1. The van der Waals surface area contributed by atoms with Crippen molar-refractivity contribution in [2.45, 2.75) is 38.1 Å². The molecule has 2 aromatic rings. The minimum Gasteiger partial charge on any atom is -0.419 e. The number of carbonyl (C=O) groups excluding carboxylic acids is 1. The van der Waals surface area contributed by atoms with Crippen LogP contribution >= 0.6 is 0 Å². The molecule has 1 amide bonds. The lowest BCUT2D eigenvalue weighted by atomic mass is 10.1. The van der Waals surface area contributed by atoms with Crippen LogP contribution in [0.4, 0.5) is 4.79 Å². The molecule has 3 rings (SSSR count). The highest BCUT2D eigenvalue weighted by molar-refractivity contribution is 7.85. The van der Waals surface area contributed by atoms with Gasteiger partial charge < -0.3 is 9.64 Å². The first-order valence-electron chi connectivity index (χ1n) is 11.0. The molecule has 1 aliphatic rings. The fraction of sp³-hybridized carbons (Fsp3) is 0.478. The minimum absolute atomic E-state index is 0.0508. The molecular formula is C23H33N4O4S+. The zero-order chi connectivity index (χ0) is 23.1. The van der Waals surface area contributed by atoms with Crippen molar-refractivity contribution in [3.63, 3.8) is 0 Å². The molecule has 0 unspecified atom stereocenters. The van der Waals surface area contributed by atoms with Crippen LogP contribution in [0.5, 0.6) is 0 Å². The number of hydrogen-bond acceptors (Lipinski definition) is 7. The van der Waals surface area contributed by atoms with Crippen LogP contribution in [-0.4, -0.2) is 69.1 Å². The summed E-state index contributed by atoms with van der Waals surface area (Å²) in [5, 5.41) is 0. The third kappa shape index (κ3) is 6.59. The lowest BCUT2D eigenvalue weighted by Gasteiger charge is -2.32. The number of pyridine rings is 1. The summed E-state index contributed by atoms with van der Waals surface area (Å²) in [5.41, 5.74) is 3.03. The van der Waals surface area contributed by atoms with Gasteiger partial charge in [-0.2, -0.15) is 13.2 Å². The maximum absolute atomic E-state index is 12.9. The molecule has 2 heterocycles. The number of aromatic nitrogens is 1. The predicted octanol–water partition coefficient (Wildman–Crippen LogP) is 1.99. The van der Waals surface area contributed by atoms with Gasteiger partial charge in [-0.3, -0.25) is 9.88 Å². The Bertz CT molecular complexity index is 1020. The first-order chi connectivity index (χ1) is 15.3. The molecule has 1 fully saturated rings. The molecule has 0 bridgehead atoms. The molecule has 32 heavy (non-hydrogen) atoms. The van der Waals surface area contributed by atoms with Crippen molar-refractivity contribution < 1.29 is 22.7 Å². The van der Waals surface area contributed by atoms with Gasteiger partial charge in [0.2, 0.25) is 0 Å². The van der Waals surface area contributed by atoms with Crippen molar-refractivity contribution >= 4 is 16.1 Å². The second-order valence-corrected chi connectivity index (χ2v) is 10.1. The Labute approximate surface area is 190 Å². The van der Waals surface area contributed by atoms with Crippen LogP contribution in [-0.2, 0) is 21.3 Å². The van der Waals surface area contributed by atoms with E-state index in [1.165, 1.54) is 6.07 Å². The molecule has 1 aromatic carbocycles. The number of benzene rings is 1. The van der Waals surface area contributed by atoms with Crippen LogP contribution in [0.15, 0.2) is 41.4 Å². The fourth-order valence-electron chi connectivity index (χ4n) is 3.57. The van der Waals surface area contributed by atoms with Gasteiger partial charge in [-0.05, 0) is 44.2 Å². The molecule has 1 aromatic heterocycles. The summed E-state index contributed by atoms with van der Waals surface area (Å²) in [6, 6.07) is 8.86. The van der Waals surface area contributed by atoms with Crippen molar-refractivity contribution in [2.75, 3.05) is 39.8 Å². The van der Waals surface area contributed by atoms with Crippen molar-refractivity contribution in [3.8, 4) is 11.3 Å². The van der Waals surface area contributed by atoms with Gasteiger partial charge in [-0.25, -0.2) is 0 Å². The van der Waals surface area contributed by atoms with Gasteiger partial charge in [-0.15, -0.1) is 4.72 Å². The number of unbranched alkanes of at least 4 members (excludes halogenated alkanes) is 1. The lowest BCUT2D eigenvalue weighted by Crippen LogP contribution is -2.90. The van der Waals surface area contributed by atoms with Crippen LogP contribution in [0.25, 0.3) is 11.3 Å². The van der Waals surface area contributed by atoms with Crippen molar-refractivity contribution in [1.29, 1.82) is 0 Å². The largest absolute Gasteiger partial charge is 0.528 e. The molecule has 9 heteroatoms. The number of sulfonamides is 1. The van der Waals surface area contributed by atoms with Crippen LogP contribution < -0.4 is 4.72 Å². The van der Waals surface area contributed by atoms with Crippen molar-refractivity contribution in [3.05, 3.63) is 47.7 Å². The average Bonchev–Trinajstić information content (AvgIpc) is 2.75. The van der Waals surface area contributed by atoms with E-state index in [-0.39, 0.29) is 11.5 Å². The van der Waals surface area contributed by atoms with Gasteiger partial charge in [0.25, 0.3) is 0 Å². The first-order valence-corrected chi connectivity index (χ1v) is 12.6. The van der Waals surface area contributed by atoms with Gasteiger partial charge in [0.15, 0.2) is 0 Å². The quantitative estimate of drug-likeness (QED) is 0.601. The van der Waals surface area contributed by atoms with E-state index in [9.17, 15) is 13.2 Å². The Kier molecular flexibility index (Phi) is 8.36. The number of primary amides is 1. The normalized spacial score (nSPS) is 15.6. The molecule has 0 saturated carbocycles. The molecule has 8 nitrogen and oxygen atoms in total. The van der Waals surface area contributed by atoms with Crippen molar-refractivity contribution in [2.24, 2.45) is 0 Å². The highest BCUT2D eigenvalue weighted by atomic mass is 32.2. The summed E-state index contributed by atoms with van der Waals surface area (Å²) in [6.45, 7) is 9.02. The second kappa shape index (κ2) is 11.0. The van der Waals surface area contributed by atoms with E-state index in [1.807, 2.05) is 26.0 Å². The topological polar surface area (TPSA) is 96.4 Å². The molecule has 0 atom stereocenters. The Morgan fingerprint density at radius 3 is 2.56 bits per heavy atom. The van der Waals surface area contributed by atoms with Gasteiger partial charge >= 0.3 is 16.1 Å². The molecule has 0 radical (unpaired) electrons. The Balaban J connectivity index is 1.77. The summed E-state index contributed by atoms with van der Waals surface area (Å²) >= 11 is 0. The van der Waals surface area contributed by atoms with E-state index >= 15 is 0 Å². The molecule has 2 N–H and O–H groups in total. The molecule has 0 aliphatic carbocycles. The van der Waals surface area contributed by atoms with Gasteiger partial charge in [0.05, 0.1) is 12.3 Å². The average molecular weight is 462 g/mol. The molecule has 1 saturated heterocycles. The highest BCUT2D eigenvalue weighted by Gasteiger charge is 2.28. The predicted molar refractivity (Wildman–Crippen MR) is 123 cm³/mol. The summed E-state index contributed by atoms with van der Waals surface area (Å²) in [7, 11) is -1.85. The van der Waals surface area contributed by atoms with E-state index in [0.29, 0.717) is 22.4 Å². The third-order valence-corrected chi connectivity index (χ3v) is 7.01. The number of likely N-dealkylation sites (N-methyl/N-ethyl adjacent to an activating group) is 1. The number of ether oxygens (including phenoxy) is 1. The first kappa shape index (κ1) is 24.3. The number of carbonyl (C=O) groups is 1. The molecular weight excluding hydrogens is 428 g/mol. The second-order valence-electron chi connectivity index (χ2n) is 8.31. The standard InChI is InChI=1S/C23H32N4O4S/c1-4-5-14-31-23(28)25-32(29,30)22-9-6-18(2)15-20(22)21-8-7-19(16-24-21)17-27-12-10-26(3)11-13-27/h6-9,15-16H,4-5,10-14,17H2,1-3H3,(H,25,28)/p+1. The maximum atomic E-state index is 12.9. The summed E-state index contributed by atoms with van der Waals surface area (Å²) in [5.74, 6) is 0. The molecule has 0 spiro atoms. The number of rotatable bonds is 8. The zero-order valence-corrected chi connectivity index (χ0v) is 19.9. The fourth-order valence-corrected chi connectivity index (χ4v) is 4.75. The number of primary sulfonamides is 1. The number of nitrogens with two attached hydrogens (primary N) is 1. The monoisotopic (exact) mass is 461 g/mol. The summed E-state index contributed by atoms with van der Waals surface area (Å²) in [6.07, 6.45) is 2.51. The SMILES string of the molecule is CCCCOC(=O)[NH2+]S(=O)(=O)c1ccc(C)cc1-c1ccc(CN2CCN(C)CC2)cn1. The Hall–Kier alpha value is -2.33. The van der Waals surface area contributed by atoms with Crippen molar-refractivity contribution in [1.82, 2.24) is 14.8 Å². The summed E-state index contributed by atoms with van der Waals surface area (Å²) in [4.78, 5) is 21.3. The molecule has 1 aliphatic heterocycles.